The quantitative estimate of drug-likeness (QED) is 0.789. The maximum atomic E-state index is 12.6. The SMILES string of the molecule is CCOc1ccc(CCC2CCN(C(=O)C3CCOCC3)CC2)cc1. The summed E-state index contributed by atoms with van der Waals surface area (Å²) in [6.07, 6.45) is 6.42. The lowest BCUT2D eigenvalue weighted by atomic mass is 9.89. The number of piperidine rings is 1. The Morgan fingerprint density at radius 3 is 2.44 bits per heavy atom. The molecule has 0 bridgehead atoms. The second-order valence-electron chi connectivity index (χ2n) is 7.27. The van der Waals surface area contributed by atoms with Crippen LogP contribution in [0.3, 0.4) is 0 Å². The molecule has 0 radical (unpaired) electrons. The molecule has 1 amide bonds. The van der Waals surface area contributed by atoms with Crippen molar-refractivity contribution in [2.45, 2.75) is 45.4 Å². The van der Waals surface area contributed by atoms with Crippen LogP contribution in [0.4, 0.5) is 0 Å². The molecular formula is C21H31NO3. The van der Waals surface area contributed by atoms with Gasteiger partial charge in [0.2, 0.25) is 5.91 Å². The molecular weight excluding hydrogens is 314 g/mol. The molecule has 1 aromatic carbocycles. The molecule has 2 heterocycles. The van der Waals surface area contributed by atoms with Gasteiger partial charge >= 0.3 is 0 Å². The fourth-order valence-corrected chi connectivity index (χ4v) is 3.93. The van der Waals surface area contributed by atoms with Crippen molar-refractivity contribution in [2.75, 3.05) is 32.9 Å². The number of hydrogen-bond donors (Lipinski definition) is 0. The third-order valence-electron chi connectivity index (χ3n) is 5.57. The van der Waals surface area contributed by atoms with E-state index in [9.17, 15) is 4.79 Å². The summed E-state index contributed by atoms with van der Waals surface area (Å²) in [4.78, 5) is 14.7. The zero-order chi connectivity index (χ0) is 17.5. The van der Waals surface area contributed by atoms with E-state index in [-0.39, 0.29) is 5.92 Å². The van der Waals surface area contributed by atoms with Crippen LogP contribution in [0.5, 0.6) is 5.75 Å². The molecule has 0 unspecified atom stereocenters. The first-order valence-corrected chi connectivity index (χ1v) is 9.84. The summed E-state index contributed by atoms with van der Waals surface area (Å²) in [5.41, 5.74) is 1.38. The van der Waals surface area contributed by atoms with Crippen LogP contribution in [0.25, 0.3) is 0 Å². The minimum Gasteiger partial charge on any atom is -0.494 e. The Bertz CT molecular complexity index is 529. The first kappa shape index (κ1) is 18.2. The molecule has 2 aliphatic heterocycles. The molecule has 2 aliphatic rings. The Morgan fingerprint density at radius 2 is 1.80 bits per heavy atom. The van der Waals surface area contributed by atoms with Crippen molar-refractivity contribution >= 4 is 5.91 Å². The Hall–Kier alpha value is -1.55. The van der Waals surface area contributed by atoms with Crippen molar-refractivity contribution in [1.82, 2.24) is 4.90 Å². The number of carbonyl (C=O) groups excluding carboxylic acids is 1. The summed E-state index contributed by atoms with van der Waals surface area (Å²) in [6, 6.07) is 8.48. The lowest BCUT2D eigenvalue weighted by Crippen LogP contribution is -2.43. The summed E-state index contributed by atoms with van der Waals surface area (Å²) in [7, 11) is 0. The van der Waals surface area contributed by atoms with Crippen molar-refractivity contribution < 1.29 is 14.3 Å². The average Bonchev–Trinajstić information content (AvgIpc) is 2.68. The van der Waals surface area contributed by atoms with Crippen LogP contribution in [0.2, 0.25) is 0 Å². The Kier molecular flexibility index (Phi) is 6.74. The van der Waals surface area contributed by atoms with E-state index in [4.69, 9.17) is 9.47 Å². The molecule has 0 aliphatic carbocycles. The standard InChI is InChI=1S/C21H31NO3/c1-2-25-20-7-5-17(6-8-20)3-4-18-9-13-22(14-10-18)21(23)19-11-15-24-16-12-19/h5-8,18-19H,2-4,9-16H2,1H3. The van der Waals surface area contributed by atoms with Gasteiger partial charge in [-0.05, 0) is 69.1 Å². The largest absolute Gasteiger partial charge is 0.494 e. The van der Waals surface area contributed by atoms with E-state index >= 15 is 0 Å². The first-order valence-electron chi connectivity index (χ1n) is 9.84. The third-order valence-corrected chi connectivity index (χ3v) is 5.57. The van der Waals surface area contributed by atoms with Crippen LogP contribution in [0, 0.1) is 11.8 Å². The summed E-state index contributed by atoms with van der Waals surface area (Å²) in [5.74, 6) is 2.26. The summed E-state index contributed by atoms with van der Waals surface area (Å²) < 4.78 is 10.9. The number of likely N-dealkylation sites (tertiary alicyclic amines) is 1. The monoisotopic (exact) mass is 345 g/mol. The molecule has 25 heavy (non-hydrogen) atoms. The van der Waals surface area contributed by atoms with Crippen molar-refractivity contribution in [3.63, 3.8) is 0 Å². The summed E-state index contributed by atoms with van der Waals surface area (Å²) in [6.45, 7) is 6.08. The molecule has 4 heteroatoms. The van der Waals surface area contributed by atoms with Gasteiger partial charge in [-0.3, -0.25) is 4.79 Å². The molecule has 0 atom stereocenters. The van der Waals surface area contributed by atoms with E-state index in [0.717, 1.165) is 70.1 Å². The zero-order valence-electron chi connectivity index (χ0n) is 15.4. The van der Waals surface area contributed by atoms with Gasteiger partial charge in [0, 0.05) is 32.2 Å². The highest BCUT2D eigenvalue weighted by atomic mass is 16.5. The molecule has 0 spiro atoms. The van der Waals surface area contributed by atoms with Crippen molar-refractivity contribution in [3.05, 3.63) is 29.8 Å². The fraction of sp³-hybridized carbons (Fsp3) is 0.667. The number of nitrogens with zero attached hydrogens (tertiary/aromatic N) is 1. The van der Waals surface area contributed by atoms with Crippen LogP contribution in [-0.4, -0.2) is 43.7 Å². The fourth-order valence-electron chi connectivity index (χ4n) is 3.93. The highest BCUT2D eigenvalue weighted by Gasteiger charge is 2.29. The van der Waals surface area contributed by atoms with Gasteiger partial charge in [0.15, 0.2) is 0 Å². The number of hydrogen-bond acceptors (Lipinski definition) is 3. The van der Waals surface area contributed by atoms with Crippen LogP contribution >= 0.6 is 0 Å². The second kappa shape index (κ2) is 9.23. The van der Waals surface area contributed by atoms with Gasteiger partial charge in [0.1, 0.15) is 5.75 Å². The van der Waals surface area contributed by atoms with Gasteiger partial charge in [-0.25, -0.2) is 0 Å². The first-order chi connectivity index (χ1) is 12.3. The molecule has 0 saturated carbocycles. The van der Waals surface area contributed by atoms with E-state index in [1.54, 1.807) is 0 Å². The third kappa shape index (κ3) is 5.21. The number of rotatable bonds is 6. The number of aryl methyl sites for hydroxylation is 1. The van der Waals surface area contributed by atoms with Gasteiger partial charge in [-0.15, -0.1) is 0 Å². The van der Waals surface area contributed by atoms with Gasteiger partial charge in [-0.1, -0.05) is 12.1 Å². The predicted octanol–water partition coefficient (Wildman–Crippen LogP) is 3.68. The second-order valence-corrected chi connectivity index (χ2v) is 7.27. The van der Waals surface area contributed by atoms with Crippen LogP contribution in [0.1, 0.15) is 44.6 Å². The van der Waals surface area contributed by atoms with Gasteiger partial charge in [0.25, 0.3) is 0 Å². The number of carbonyl (C=O) groups is 1. The van der Waals surface area contributed by atoms with Crippen LogP contribution < -0.4 is 4.74 Å². The Balaban J connectivity index is 1.39. The lowest BCUT2D eigenvalue weighted by molar-refractivity contribution is -0.140. The molecule has 3 rings (SSSR count). The predicted molar refractivity (Wildman–Crippen MR) is 98.8 cm³/mol. The highest BCUT2D eigenvalue weighted by molar-refractivity contribution is 5.79. The van der Waals surface area contributed by atoms with Crippen molar-refractivity contribution in [2.24, 2.45) is 11.8 Å². The van der Waals surface area contributed by atoms with E-state index < -0.39 is 0 Å². The average molecular weight is 345 g/mol. The molecule has 138 valence electrons. The summed E-state index contributed by atoms with van der Waals surface area (Å²) in [5, 5.41) is 0. The van der Waals surface area contributed by atoms with E-state index in [2.05, 4.69) is 29.2 Å². The number of ether oxygens (including phenoxy) is 2. The normalized spacial score (nSPS) is 19.8. The molecule has 2 fully saturated rings. The molecule has 2 saturated heterocycles. The lowest BCUT2D eigenvalue weighted by Gasteiger charge is -2.35. The Morgan fingerprint density at radius 1 is 1.12 bits per heavy atom. The van der Waals surface area contributed by atoms with Crippen LogP contribution in [0.15, 0.2) is 24.3 Å². The van der Waals surface area contributed by atoms with Gasteiger partial charge in [0.05, 0.1) is 6.61 Å². The number of benzene rings is 1. The molecule has 1 aromatic rings. The maximum absolute atomic E-state index is 12.6. The zero-order valence-corrected chi connectivity index (χ0v) is 15.4. The Labute approximate surface area is 151 Å². The molecule has 4 nitrogen and oxygen atoms in total. The number of amides is 1. The van der Waals surface area contributed by atoms with E-state index in [0.29, 0.717) is 12.5 Å². The molecule has 0 aromatic heterocycles. The van der Waals surface area contributed by atoms with Crippen molar-refractivity contribution in [3.8, 4) is 5.75 Å². The van der Waals surface area contributed by atoms with E-state index in [1.165, 1.54) is 12.0 Å². The smallest absolute Gasteiger partial charge is 0.225 e. The minimum absolute atomic E-state index is 0.203. The van der Waals surface area contributed by atoms with Crippen LogP contribution in [-0.2, 0) is 16.0 Å². The minimum atomic E-state index is 0.203. The molecule has 0 N–H and O–H groups in total. The topological polar surface area (TPSA) is 38.8 Å². The van der Waals surface area contributed by atoms with Gasteiger partial charge < -0.3 is 14.4 Å². The maximum Gasteiger partial charge on any atom is 0.225 e. The van der Waals surface area contributed by atoms with Crippen molar-refractivity contribution in [1.29, 1.82) is 0 Å². The van der Waals surface area contributed by atoms with E-state index in [1.807, 2.05) is 6.92 Å². The summed E-state index contributed by atoms with van der Waals surface area (Å²) >= 11 is 0. The highest BCUT2D eigenvalue weighted by Crippen LogP contribution is 2.26. The van der Waals surface area contributed by atoms with Gasteiger partial charge in [-0.2, -0.15) is 0 Å².